The number of rotatable bonds is 12. The molecule has 1 saturated heterocycles. The van der Waals surface area contributed by atoms with Gasteiger partial charge in [-0.2, -0.15) is 0 Å². The summed E-state index contributed by atoms with van der Waals surface area (Å²) in [6, 6.07) is -4.01. The average molecular weight is 444 g/mol. The topological polar surface area (TPSA) is 188 Å². The smallest absolute Gasteiger partial charge is 0.326 e. The predicted molar refractivity (Wildman–Crippen MR) is 114 cm³/mol. The van der Waals surface area contributed by atoms with Crippen LogP contribution in [0.4, 0.5) is 0 Å². The highest BCUT2D eigenvalue weighted by atomic mass is 16.4. The van der Waals surface area contributed by atoms with Gasteiger partial charge in [0, 0.05) is 6.54 Å². The monoisotopic (exact) mass is 443 g/mol. The Morgan fingerprint density at radius 1 is 1.10 bits per heavy atom. The summed E-state index contributed by atoms with van der Waals surface area (Å²) >= 11 is 0. The highest BCUT2D eigenvalue weighted by molar-refractivity contribution is 5.94. The maximum Gasteiger partial charge on any atom is 0.326 e. The fourth-order valence-electron chi connectivity index (χ4n) is 3.48. The highest BCUT2D eigenvalue weighted by Crippen LogP contribution is 2.20. The maximum absolute atomic E-state index is 13.0. The summed E-state index contributed by atoms with van der Waals surface area (Å²) in [5, 5.41) is 24.1. The van der Waals surface area contributed by atoms with E-state index in [4.69, 9.17) is 11.5 Å². The number of likely N-dealkylation sites (tertiary alicyclic amines) is 1. The van der Waals surface area contributed by atoms with E-state index in [1.165, 1.54) is 11.8 Å². The van der Waals surface area contributed by atoms with Crippen molar-refractivity contribution in [2.75, 3.05) is 13.1 Å². The first-order chi connectivity index (χ1) is 14.5. The SMILES string of the molecule is CC(C)C(NC(=O)C(CCCCN)NC(=O)C(N)C(C)O)C(=O)N1CCCC1C(=O)O. The van der Waals surface area contributed by atoms with Crippen LogP contribution in [0.15, 0.2) is 0 Å². The number of nitrogens with one attached hydrogen (secondary N) is 2. The fraction of sp³-hybridized carbons (Fsp3) is 0.800. The van der Waals surface area contributed by atoms with Gasteiger partial charge in [-0.15, -0.1) is 0 Å². The van der Waals surface area contributed by atoms with Gasteiger partial charge in [-0.25, -0.2) is 4.79 Å². The minimum atomic E-state index is -1.20. The van der Waals surface area contributed by atoms with Gasteiger partial charge in [0.15, 0.2) is 0 Å². The van der Waals surface area contributed by atoms with Crippen LogP contribution < -0.4 is 22.1 Å². The summed E-state index contributed by atoms with van der Waals surface area (Å²) in [7, 11) is 0. The van der Waals surface area contributed by atoms with E-state index in [1.807, 2.05) is 0 Å². The standard InChI is InChI=1S/C20H37N5O6/c1-11(2)16(19(29)25-10-6-8-14(25)20(30)31)24-17(27)13(7-4-5-9-21)23-18(28)15(22)12(3)26/h11-16,26H,4-10,21-22H2,1-3H3,(H,23,28)(H,24,27)(H,30,31). The number of aliphatic hydroxyl groups excluding tert-OH is 1. The number of nitrogens with two attached hydrogens (primary N) is 2. The average Bonchev–Trinajstić information content (AvgIpc) is 3.19. The van der Waals surface area contributed by atoms with E-state index >= 15 is 0 Å². The van der Waals surface area contributed by atoms with E-state index in [-0.39, 0.29) is 12.3 Å². The van der Waals surface area contributed by atoms with Crippen LogP contribution in [0.1, 0.15) is 52.9 Å². The Labute approximate surface area is 182 Å². The molecule has 0 aromatic rings. The number of hydrogen-bond donors (Lipinski definition) is 6. The number of carbonyl (C=O) groups excluding carboxylic acids is 3. The number of carboxylic acids is 1. The Balaban J connectivity index is 2.95. The Hall–Kier alpha value is -2.24. The van der Waals surface area contributed by atoms with Crippen LogP contribution in [0.25, 0.3) is 0 Å². The lowest BCUT2D eigenvalue weighted by molar-refractivity contribution is -0.150. The minimum Gasteiger partial charge on any atom is -0.480 e. The van der Waals surface area contributed by atoms with E-state index in [2.05, 4.69) is 10.6 Å². The summed E-state index contributed by atoms with van der Waals surface area (Å²) in [6.07, 6.45) is 1.34. The molecule has 31 heavy (non-hydrogen) atoms. The molecule has 3 amide bonds. The molecule has 0 spiro atoms. The van der Waals surface area contributed by atoms with Crippen LogP contribution in [0.2, 0.25) is 0 Å². The molecule has 0 radical (unpaired) electrons. The third-order valence-electron chi connectivity index (χ3n) is 5.45. The molecule has 1 aliphatic rings. The molecule has 11 nitrogen and oxygen atoms in total. The number of amides is 3. The summed E-state index contributed by atoms with van der Waals surface area (Å²) in [5.41, 5.74) is 11.2. The minimum absolute atomic E-state index is 0.280. The maximum atomic E-state index is 13.0. The van der Waals surface area contributed by atoms with E-state index in [1.54, 1.807) is 13.8 Å². The lowest BCUT2D eigenvalue weighted by atomic mass is 10.0. The van der Waals surface area contributed by atoms with Gasteiger partial charge in [-0.1, -0.05) is 13.8 Å². The van der Waals surface area contributed by atoms with E-state index in [0.29, 0.717) is 38.8 Å². The summed E-state index contributed by atoms with van der Waals surface area (Å²) in [5.74, 6) is -3.08. The van der Waals surface area contributed by atoms with Crippen LogP contribution in [-0.2, 0) is 19.2 Å². The molecular weight excluding hydrogens is 406 g/mol. The van der Waals surface area contributed by atoms with Gasteiger partial charge in [-0.05, 0) is 51.5 Å². The fourth-order valence-corrected chi connectivity index (χ4v) is 3.48. The van der Waals surface area contributed by atoms with Crippen molar-refractivity contribution in [3.8, 4) is 0 Å². The largest absolute Gasteiger partial charge is 0.480 e. The van der Waals surface area contributed by atoms with Crippen LogP contribution in [0.5, 0.6) is 0 Å². The first kappa shape index (κ1) is 26.8. The molecular formula is C20H37N5O6. The van der Waals surface area contributed by atoms with E-state index in [0.717, 1.165) is 0 Å². The second kappa shape index (κ2) is 12.6. The van der Waals surface area contributed by atoms with Gasteiger partial charge in [0.1, 0.15) is 24.2 Å². The Kier molecular flexibility index (Phi) is 10.9. The van der Waals surface area contributed by atoms with Crippen molar-refractivity contribution in [3.63, 3.8) is 0 Å². The van der Waals surface area contributed by atoms with Crippen molar-refractivity contribution in [2.24, 2.45) is 17.4 Å². The third-order valence-corrected chi connectivity index (χ3v) is 5.45. The van der Waals surface area contributed by atoms with Crippen molar-refractivity contribution < 1.29 is 29.4 Å². The Morgan fingerprint density at radius 2 is 1.74 bits per heavy atom. The Bertz CT molecular complexity index is 642. The molecule has 0 aromatic heterocycles. The molecule has 11 heteroatoms. The molecule has 5 atom stereocenters. The number of nitrogens with zero attached hydrogens (tertiary/aromatic N) is 1. The quantitative estimate of drug-likeness (QED) is 0.197. The lowest BCUT2D eigenvalue weighted by Gasteiger charge is -2.31. The number of hydrogen-bond acceptors (Lipinski definition) is 7. The number of unbranched alkanes of at least 4 members (excludes halogenated alkanes) is 1. The van der Waals surface area contributed by atoms with Crippen molar-refractivity contribution >= 4 is 23.7 Å². The van der Waals surface area contributed by atoms with Crippen LogP contribution >= 0.6 is 0 Å². The second-order valence-electron chi connectivity index (χ2n) is 8.37. The van der Waals surface area contributed by atoms with Gasteiger partial charge >= 0.3 is 5.97 Å². The summed E-state index contributed by atoms with van der Waals surface area (Å²) in [6.45, 7) is 5.61. The van der Waals surface area contributed by atoms with Gasteiger partial charge < -0.3 is 37.2 Å². The number of carbonyl (C=O) groups is 4. The van der Waals surface area contributed by atoms with Crippen LogP contribution in [-0.4, -0.2) is 82.2 Å². The molecule has 1 fully saturated rings. The number of aliphatic carboxylic acids is 1. The highest BCUT2D eigenvalue weighted by Gasteiger charge is 2.39. The number of aliphatic hydroxyl groups is 1. The lowest BCUT2D eigenvalue weighted by Crippen LogP contribution is -2.59. The van der Waals surface area contributed by atoms with E-state index < -0.39 is 54.0 Å². The molecule has 1 aliphatic heterocycles. The van der Waals surface area contributed by atoms with Gasteiger partial charge in [-0.3, -0.25) is 14.4 Å². The molecule has 0 saturated carbocycles. The molecule has 0 aliphatic carbocycles. The second-order valence-corrected chi connectivity index (χ2v) is 8.37. The summed E-state index contributed by atoms with van der Waals surface area (Å²) in [4.78, 5) is 51.0. The normalized spacial score (nSPS) is 20.1. The van der Waals surface area contributed by atoms with Crippen molar-refractivity contribution in [1.82, 2.24) is 15.5 Å². The van der Waals surface area contributed by atoms with Crippen molar-refractivity contribution in [3.05, 3.63) is 0 Å². The molecule has 0 bridgehead atoms. The predicted octanol–water partition coefficient (Wildman–Crippen LogP) is -1.48. The number of carboxylic acid groups (broad SMARTS) is 1. The zero-order valence-electron chi connectivity index (χ0n) is 18.5. The molecule has 1 heterocycles. The van der Waals surface area contributed by atoms with Crippen molar-refractivity contribution in [1.29, 1.82) is 0 Å². The zero-order valence-corrected chi connectivity index (χ0v) is 18.5. The van der Waals surface area contributed by atoms with Gasteiger partial charge in [0.05, 0.1) is 6.10 Å². The third kappa shape index (κ3) is 7.75. The molecule has 178 valence electrons. The van der Waals surface area contributed by atoms with Crippen LogP contribution in [0, 0.1) is 5.92 Å². The van der Waals surface area contributed by atoms with E-state index in [9.17, 15) is 29.4 Å². The van der Waals surface area contributed by atoms with Gasteiger partial charge in [0.2, 0.25) is 17.7 Å². The first-order valence-electron chi connectivity index (χ1n) is 10.8. The molecule has 1 rings (SSSR count). The Morgan fingerprint density at radius 3 is 2.26 bits per heavy atom. The summed E-state index contributed by atoms with van der Waals surface area (Å²) < 4.78 is 0. The van der Waals surface area contributed by atoms with Crippen LogP contribution in [0.3, 0.4) is 0 Å². The first-order valence-corrected chi connectivity index (χ1v) is 10.8. The zero-order chi connectivity index (χ0) is 23.7. The molecule has 8 N–H and O–H groups in total. The van der Waals surface area contributed by atoms with Gasteiger partial charge in [0.25, 0.3) is 0 Å². The molecule has 0 aromatic carbocycles. The van der Waals surface area contributed by atoms with Crippen molar-refractivity contribution in [2.45, 2.75) is 83.1 Å². The molecule has 5 unspecified atom stereocenters.